The fourth-order valence-corrected chi connectivity index (χ4v) is 4.13. The van der Waals surface area contributed by atoms with Gasteiger partial charge in [0.1, 0.15) is 11.3 Å². The number of aryl methyl sites for hydroxylation is 2. The van der Waals surface area contributed by atoms with Crippen LogP contribution in [0, 0.1) is 0 Å². The number of ether oxygens (including phenoxy) is 1. The van der Waals surface area contributed by atoms with Crippen LogP contribution in [-0.4, -0.2) is 33.6 Å². The van der Waals surface area contributed by atoms with Gasteiger partial charge in [-0.15, -0.1) is 0 Å². The Balaban J connectivity index is 2.01. The number of aromatic hydroxyl groups is 1. The van der Waals surface area contributed by atoms with Crippen LogP contribution in [0.25, 0.3) is 10.9 Å². The van der Waals surface area contributed by atoms with Crippen molar-refractivity contribution in [3.05, 3.63) is 73.4 Å². The van der Waals surface area contributed by atoms with Crippen LogP contribution in [0.3, 0.4) is 0 Å². The van der Waals surface area contributed by atoms with Gasteiger partial charge >= 0.3 is 5.97 Å². The quantitative estimate of drug-likeness (QED) is 0.530. The van der Waals surface area contributed by atoms with E-state index in [4.69, 9.17) is 5.73 Å². The molecule has 1 aromatic carbocycles. The van der Waals surface area contributed by atoms with E-state index in [1.165, 1.54) is 0 Å². The summed E-state index contributed by atoms with van der Waals surface area (Å²) in [6, 6.07) is 7.26. The van der Waals surface area contributed by atoms with Gasteiger partial charge < -0.3 is 25.1 Å². The number of esters is 1. The molecule has 3 heterocycles. The number of nitrogens with zero attached hydrogens (tertiary/aromatic N) is 1. The number of hydrogen-bond acceptors (Lipinski definition) is 6. The van der Waals surface area contributed by atoms with E-state index in [9.17, 15) is 24.3 Å². The minimum Gasteiger partial charge on any atom is -0.506 e. The molecule has 4 N–H and O–H groups in total. The molecule has 0 fully saturated rings. The van der Waals surface area contributed by atoms with Gasteiger partial charge in [0.2, 0.25) is 5.91 Å². The standard InChI is InChI=1S/C21H19N3O6/c1-30-21(29)14-9-23-19(27)16(18(14)26)12(8-15(22)25)13-7-11-4-2-3-10-5-6-24(17(10)11)20(13)28/h2-4,7,9,12H,5-6,8H2,1H3,(H2,22,25)(H2,23,26,27)/t12-/m0/s1. The Morgan fingerprint density at radius 1 is 1.33 bits per heavy atom. The molecule has 0 bridgehead atoms. The van der Waals surface area contributed by atoms with E-state index in [0.717, 1.165) is 29.8 Å². The Morgan fingerprint density at radius 3 is 2.80 bits per heavy atom. The van der Waals surface area contributed by atoms with E-state index in [0.29, 0.717) is 13.0 Å². The lowest BCUT2D eigenvalue weighted by atomic mass is 9.87. The Morgan fingerprint density at radius 2 is 2.10 bits per heavy atom. The van der Waals surface area contributed by atoms with Crippen molar-refractivity contribution < 1.29 is 19.4 Å². The molecule has 1 amide bonds. The number of nitrogens with two attached hydrogens (primary N) is 1. The molecule has 154 valence electrons. The molecule has 1 aliphatic rings. The summed E-state index contributed by atoms with van der Waals surface area (Å²) in [5, 5.41) is 11.4. The van der Waals surface area contributed by atoms with Gasteiger partial charge in [-0.05, 0) is 23.4 Å². The Labute approximate surface area is 169 Å². The summed E-state index contributed by atoms with van der Waals surface area (Å²) in [4.78, 5) is 52.0. The van der Waals surface area contributed by atoms with Crippen molar-refractivity contribution in [1.29, 1.82) is 0 Å². The third-order valence-electron chi connectivity index (χ3n) is 5.47. The second-order valence-electron chi connectivity index (χ2n) is 7.17. The lowest BCUT2D eigenvalue weighted by Crippen LogP contribution is -2.30. The number of aromatic nitrogens is 2. The second kappa shape index (κ2) is 7.18. The zero-order chi connectivity index (χ0) is 21.6. The van der Waals surface area contributed by atoms with Gasteiger partial charge in [0.25, 0.3) is 11.1 Å². The lowest BCUT2D eigenvalue weighted by Gasteiger charge is -2.19. The monoisotopic (exact) mass is 409 g/mol. The van der Waals surface area contributed by atoms with Gasteiger partial charge in [-0.25, -0.2) is 4.79 Å². The first-order valence-corrected chi connectivity index (χ1v) is 9.30. The van der Waals surface area contributed by atoms with Crippen LogP contribution in [0.15, 0.2) is 40.1 Å². The highest BCUT2D eigenvalue weighted by Crippen LogP contribution is 2.34. The Bertz CT molecular complexity index is 1320. The van der Waals surface area contributed by atoms with Crippen molar-refractivity contribution in [2.75, 3.05) is 7.11 Å². The van der Waals surface area contributed by atoms with Gasteiger partial charge in [-0.3, -0.25) is 14.4 Å². The number of hydrogen-bond donors (Lipinski definition) is 3. The topological polar surface area (TPSA) is 144 Å². The SMILES string of the molecule is COC(=O)c1c[nH]c(=O)c([C@@H](CC(N)=O)c2cc3cccc4c3n(c2=O)CC4)c1O. The number of methoxy groups -OCH3 is 1. The maximum atomic E-state index is 13.3. The molecule has 0 aliphatic carbocycles. The average molecular weight is 409 g/mol. The van der Waals surface area contributed by atoms with Crippen LogP contribution >= 0.6 is 0 Å². The van der Waals surface area contributed by atoms with Crippen LogP contribution in [0.1, 0.15) is 39.4 Å². The largest absolute Gasteiger partial charge is 0.506 e. The van der Waals surface area contributed by atoms with Crippen LogP contribution in [0.5, 0.6) is 5.75 Å². The highest BCUT2D eigenvalue weighted by atomic mass is 16.5. The van der Waals surface area contributed by atoms with Gasteiger partial charge in [0.15, 0.2) is 0 Å². The number of carbonyl (C=O) groups is 2. The number of amides is 1. The maximum Gasteiger partial charge on any atom is 0.343 e. The average Bonchev–Trinajstić information content (AvgIpc) is 3.15. The van der Waals surface area contributed by atoms with E-state index >= 15 is 0 Å². The zero-order valence-corrected chi connectivity index (χ0v) is 16.1. The van der Waals surface area contributed by atoms with Crippen molar-refractivity contribution in [3.8, 4) is 5.75 Å². The minimum atomic E-state index is -1.14. The molecule has 9 heteroatoms. The number of carbonyl (C=O) groups excluding carboxylic acids is 2. The van der Waals surface area contributed by atoms with Crippen LogP contribution in [0.4, 0.5) is 0 Å². The summed E-state index contributed by atoms with van der Waals surface area (Å²) >= 11 is 0. The van der Waals surface area contributed by atoms with E-state index < -0.39 is 35.5 Å². The van der Waals surface area contributed by atoms with Crippen molar-refractivity contribution in [2.24, 2.45) is 5.73 Å². The summed E-state index contributed by atoms with van der Waals surface area (Å²) in [6.45, 7) is 0.469. The molecular formula is C21H19N3O6. The van der Waals surface area contributed by atoms with Crippen LogP contribution < -0.4 is 16.9 Å². The fourth-order valence-electron chi connectivity index (χ4n) is 4.13. The van der Waals surface area contributed by atoms with E-state index in [-0.39, 0.29) is 22.2 Å². The number of aromatic amines is 1. The maximum absolute atomic E-state index is 13.3. The second-order valence-corrected chi connectivity index (χ2v) is 7.17. The molecule has 3 aromatic rings. The number of benzene rings is 1. The van der Waals surface area contributed by atoms with Gasteiger partial charge in [0, 0.05) is 30.6 Å². The lowest BCUT2D eigenvalue weighted by molar-refractivity contribution is -0.118. The summed E-state index contributed by atoms with van der Waals surface area (Å²) in [5.74, 6) is -3.43. The first kappa shape index (κ1) is 19.4. The molecule has 0 radical (unpaired) electrons. The van der Waals surface area contributed by atoms with Crippen LogP contribution in [0.2, 0.25) is 0 Å². The smallest absolute Gasteiger partial charge is 0.343 e. The zero-order valence-electron chi connectivity index (χ0n) is 16.1. The fraction of sp³-hybridized carbons (Fsp3) is 0.238. The molecule has 1 aliphatic heterocycles. The van der Waals surface area contributed by atoms with Gasteiger partial charge in [-0.1, -0.05) is 18.2 Å². The molecule has 1 atom stereocenters. The molecule has 0 saturated carbocycles. The van der Waals surface area contributed by atoms with Crippen molar-refractivity contribution in [1.82, 2.24) is 9.55 Å². The van der Waals surface area contributed by atoms with Crippen LogP contribution in [-0.2, 0) is 22.5 Å². The molecule has 30 heavy (non-hydrogen) atoms. The van der Waals surface area contributed by atoms with E-state index in [2.05, 4.69) is 9.72 Å². The van der Waals surface area contributed by atoms with Crippen molar-refractivity contribution in [3.63, 3.8) is 0 Å². The molecule has 9 nitrogen and oxygen atoms in total. The molecule has 0 saturated heterocycles. The van der Waals surface area contributed by atoms with E-state index in [1.807, 2.05) is 18.2 Å². The summed E-state index contributed by atoms with van der Waals surface area (Å²) < 4.78 is 6.23. The van der Waals surface area contributed by atoms with Gasteiger partial charge in [-0.2, -0.15) is 0 Å². The predicted octanol–water partition coefficient (Wildman–Crippen LogP) is 0.745. The summed E-state index contributed by atoms with van der Waals surface area (Å²) in [5.41, 5.74) is 5.72. The van der Waals surface area contributed by atoms with Crippen molar-refractivity contribution in [2.45, 2.75) is 25.3 Å². The number of primary amides is 1. The Kier molecular flexibility index (Phi) is 4.65. The Hall–Kier alpha value is -3.88. The highest BCUT2D eigenvalue weighted by molar-refractivity contribution is 5.92. The normalized spacial score (nSPS) is 13.4. The molecule has 2 aromatic heterocycles. The molecule has 0 spiro atoms. The third-order valence-corrected chi connectivity index (χ3v) is 5.47. The number of H-pyrrole nitrogens is 1. The number of pyridine rings is 2. The molecule has 0 unspecified atom stereocenters. The number of nitrogens with one attached hydrogen (secondary N) is 1. The number of para-hydroxylation sites is 1. The third kappa shape index (κ3) is 2.95. The summed E-state index contributed by atoms with van der Waals surface area (Å²) in [6.07, 6.45) is 1.31. The highest BCUT2D eigenvalue weighted by Gasteiger charge is 2.30. The van der Waals surface area contributed by atoms with Crippen molar-refractivity contribution >= 4 is 22.8 Å². The molecule has 4 rings (SSSR count). The number of rotatable bonds is 5. The van der Waals surface area contributed by atoms with E-state index in [1.54, 1.807) is 10.6 Å². The molecular weight excluding hydrogens is 390 g/mol. The minimum absolute atomic E-state index is 0.142. The first-order chi connectivity index (χ1) is 14.3. The summed E-state index contributed by atoms with van der Waals surface area (Å²) in [7, 11) is 1.13. The first-order valence-electron chi connectivity index (χ1n) is 9.30. The predicted molar refractivity (Wildman–Crippen MR) is 108 cm³/mol. The van der Waals surface area contributed by atoms with Gasteiger partial charge in [0.05, 0.1) is 18.2 Å².